The molecule has 5 nitrogen and oxygen atoms in total. The molecule has 0 spiro atoms. The minimum atomic E-state index is 0.667. The Hall–Kier alpha value is -2.14. The number of fused-ring (bicyclic) bond motifs is 1. The average Bonchev–Trinajstić information content (AvgIpc) is 3.14. The van der Waals surface area contributed by atoms with E-state index in [4.69, 9.17) is 9.40 Å². The fourth-order valence-electron chi connectivity index (χ4n) is 3.38. The summed E-state index contributed by atoms with van der Waals surface area (Å²) in [5, 5.41) is 0. The van der Waals surface area contributed by atoms with Crippen LogP contribution in [0, 0.1) is 12.8 Å². The van der Waals surface area contributed by atoms with Gasteiger partial charge in [0.15, 0.2) is 17.2 Å². The van der Waals surface area contributed by atoms with Crippen LogP contribution in [0.5, 0.6) is 0 Å². The Bertz CT molecular complexity index is 811. The van der Waals surface area contributed by atoms with Crippen LogP contribution in [0.1, 0.15) is 18.6 Å². The number of imidazole rings is 1. The van der Waals surface area contributed by atoms with Crippen molar-refractivity contribution in [2.45, 2.75) is 26.3 Å². The van der Waals surface area contributed by atoms with E-state index in [0.29, 0.717) is 5.92 Å². The van der Waals surface area contributed by atoms with Gasteiger partial charge in [-0.05, 0) is 70.1 Å². The smallest absolute Gasteiger partial charge is 0.178 e. The van der Waals surface area contributed by atoms with E-state index in [1.165, 1.54) is 25.9 Å². The molecule has 0 aromatic carbocycles. The van der Waals surface area contributed by atoms with E-state index in [1.54, 1.807) is 0 Å². The highest BCUT2D eigenvalue weighted by molar-refractivity contribution is 5.75. The maximum atomic E-state index is 5.83. The Morgan fingerprint density at radius 1 is 1.22 bits per heavy atom. The number of nitrogens with zero attached hydrogens (tertiary/aromatic N) is 4. The molecule has 1 aliphatic heterocycles. The number of aromatic nitrogens is 3. The number of pyridine rings is 1. The highest BCUT2D eigenvalue weighted by atomic mass is 16.3. The molecular weight excluding hydrogens is 288 g/mol. The molecule has 0 unspecified atom stereocenters. The van der Waals surface area contributed by atoms with Crippen LogP contribution in [0.3, 0.4) is 0 Å². The third kappa shape index (κ3) is 2.77. The first-order chi connectivity index (χ1) is 11.2. The predicted octanol–water partition coefficient (Wildman–Crippen LogP) is 3.34. The van der Waals surface area contributed by atoms with Gasteiger partial charge in [0.25, 0.3) is 0 Å². The normalized spacial score (nSPS) is 17.1. The van der Waals surface area contributed by atoms with Crippen LogP contribution in [0.15, 0.2) is 34.9 Å². The molecule has 3 aromatic heterocycles. The quantitative estimate of drug-likeness (QED) is 0.744. The van der Waals surface area contributed by atoms with Crippen LogP contribution in [-0.4, -0.2) is 39.6 Å². The topological polar surface area (TPSA) is 47.1 Å². The molecule has 3 aromatic rings. The van der Waals surface area contributed by atoms with E-state index in [-0.39, 0.29) is 0 Å². The minimum absolute atomic E-state index is 0.667. The van der Waals surface area contributed by atoms with E-state index in [2.05, 4.69) is 21.5 Å². The molecule has 4 heterocycles. The minimum Gasteiger partial charge on any atom is -0.458 e. The van der Waals surface area contributed by atoms with E-state index in [0.717, 1.165) is 35.1 Å². The summed E-state index contributed by atoms with van der Waals surface area (Å²) in [5.74, 6) is 3.30. The molecule has 0 saturated carbocycles. The molecule has 0 N–H and O–H groups in total. The summed E-state index contributed by atoms with van der Waals surface area (Å²) < 4.78 is 8.07. The first kappa shape index (κ1) is 14.5. The van der Waals surface area contributed by atoms with Gasteiger partial charge in [-0.15, -0.1) is 0 Å². The summed E-state index contributed by atoms with van der Waals surface area (Å²) in [6.07, 6.45) is 4.28. The standard InChI is InChI=1S/C18H22N4O/c1-13-5-6-16(23-13)18-20-15-4-3-9-19-17(15)22(18)12-14-7-10-21(2)11-8-14/h3-6,9,14H,7-8,10-12H2,1-2H3. The van der Waals surface area contributed by atoms with Gasteiger partial charge in [-0.3, -0.25) is 0 Å². The lowest BCUT2D eigenvalue weighted by Crippen LogP contribution is -2.32. The molecule has 1 saturated heterocycles. The molecule has 0 radical (unpaired) electrons. The Balaban J connectivity index is 1.74. The molecule has 23 heavy (non-hydrogen) atoms. The third-order valence-corrected chi connectivity index (χ3v) is 4.74. The molecular formula is C18H22N4O. The molecule has 1 fully saturated rings. The maximum Gasteiger partial charge on any atom is 0.178 e. The first-order valence-corrected chi connectivity index (χ1v) is 8.27. The Morgan fingerprint density at radius 2 is 2.04 bits per heavy atom. The van der Waals surface area contributed by atoms with E-state index < -0.39 is 0 Å². The first-order valence-electron chi connectivity index (χ1n) is 8.27. The van der Waals surface area contributed by atoms with Crippen LogP contribution in [-0.2, 0) is 6.54 Å². The second kappa shape index (κ2) is 5.81. The van der Waals surface area contributed by atoms with Crippen LogP contribution in [0.2, 0.25) is 0 Å². The highest BCUT2D eigenvalue weighted by Crippen LogP contribution is 2.28. The molecule has 120 valence electrons. The molecule has 0 bridgehead atoms. The van der Waals surface area contributed by atoms with Gasteiger partial charge >= 0.3 is 0 Å². The van der Waals surface area contributed by atoms with Crippen molar-refractivity contribution in [2.75, 3.05) is 20.1 Å². The van der Waals surface area contributed by atoms with Crippen molar-refractivity contribution < 1.29 is 4.42 Å². The lowest BCUT2D eigenvalue weighted by atomic mass is 9.97. The van der Waals surface area contributed by atoms with E-state index in [9.17, 15) is 0 Å². The highest BCUT2D eigenvalue weighted by Gasteiger charge is 2.22. The third-order valence-electron chi connectivity index (χ3n) is 4.74. The predicted molar refractivity (Wildman–Crippen MR) is 90.2 cm³/mol. The fraction of sp³-hybridized carbons (Fsp3) is 0.444. The number of rotatable bonds is 3. The van der Waals surface area contributed by atoms with Crippen LogP contribution in [0.4, 0.5) is 0 Å². The Labute approximate surface area is 135 Å². The maximum absolute atomic E-state index is 5.83. The molecule has 0 atom stereocenters. The summed E-state index contributed by atoms with van der Waals surface area (Å²) in [6, 6.07) is 7.95. The van der Waals surface area contributed by atoms with Gasteiger partial charge < -0.3 is 13.9 Å². The largest absolute Gasteiger partial charge is 0.458 e. The molecule has 1 aliphatic rings. The Morgan fingerprint density at radius 3 is 2.78 bits per heavy atom. The van der Waals surface area contributed by atoms with Crippen molar-refractivity contribution in [3.05, 3.63) is 36.2 Å². The van der Waals surface area contributed by atoms with Crippen molar-refractivity contribution in [1.29, 1.82) is 0 Å². The molecule has 0 amide bonds. The zero-order valence-corrected chi connectivity index (χ0v) is 13.7. The van der Waals surface area contributed by atoms with Crippen LogP contribution in [0.25, 0.3) is 22.7 Å². The summed E-state index contributed by atoms with van der Waals surface area (Å²) in [5.41, 5.74) is 1.89. The van der Waals surface area contributed by atoms with Gasteiger partial charge in [-0.2, -0.15) is 0 Å². The van der Waals surface area contributed by atoms with Crippen molar-refractivity contribution in [2.24, 2.45) is 5.92 Å². The zero-order chi connectivity index (χ0) is 15.8. The molecule has 4 rings (SSSR count). The second-order valence-corrected chi connectivity index (χ2v) is 6.55. The molecule has 0 aliphatic carbocycles. The monoisotopic (exact) mass is 310 g/mol. The number of piperidine rings is 1. The van der Waals surface area contributed by atoms with Crippen molar-refractivity contribution >= 4 is 11.2 Å². The van der Waals surface area contributed by atoms with Gasteiger partial charge in [0.1, 0.15) is 11.3 Å². The van der Waals surface area contributed by atoms with Crippen molar-refractivity contribution in [3.63, 3.8) is 0 Å². The van der Waals surface area contributed by atoms with E-state index in [1.807, 2.05) is 37.4 Å². The van der Waals surface area contributed by atoms with E-state index >= 15 is 0 Å². The number of aryl methyl sites for hydroxylation is 1. The van der Waals surface area contributed by atoms with Gasteiger partial charge in [-0.1, -0.05) is 0 Å². The van der Waals surface area contributed by atoms with Crippen molar-refractivity contribution in [3.8, 4) is 11.6 Å². The number of likely N-dealkylation sites (tertiary alicyclic amines) is 1. The number of furan rings is 1. The summed E-state index contributed by atoms with van der Waals surface area (Å²) in [6.45, 7) is 5.25. The second-order valence-electron chi connectivity index (χ2n) is 6.55. The summed E-state index contributed by atoms with van der Waals surface area (Å²) in [4.78, 5) is 11.7. The molecule has 5 heteroatoms. The number of hydrogen-bond donors (Lipinski definition) is 0. The summed E-state index contributed by atoms with van der Waals surface area (Å²) >= 11 is 0. The summed E-state index contributed by atoms with van der Waals surface area (Å²) in [7, 11) is 2.20. The van der Waals surface area contributed by atoms with Gasteiger partial charge in [0.05, 0.1) is 0 Å². The van der Waals surface area contributed by atoms with Gasteiger partial charge in [0.2, 0.25) is 0 Å². The van der Waals surface area contributed by atoms with Crippen molar-refractivity contribution in [1.82, 2.24) is 19.4 Å². The Kier molecular flexibility index (Phi) is 3.65. The lowest BCUT2D eigenvalue weighted by molar-refractivity contribution is 0.206. The van der Waals surface area contributed by atoms with Gasteiger partial charge in [0, 0.05) is 12.7 Å². The van der Waals surface area contributed by atoms with Crippen LogP contribution >= 0.6 is 0 Å². The van der Waals surface area contributed by atoms with Gasteiger partial charge in [-0.25, -0.2) is 9.97 Å². The number of hydrogen-bond acceptors (Lipinski definition) is 4. The van der Waals surface area contributed by atoms with Crippen LogP contribution < -0.4 is 0 Å². The lowest BCUT2D eigenvalue weighted by Gasteiger charge is -2.29. The average molecular weight is 310 g/mol. The SMILES string of the molecule is Cc1ccc(-c2nc3cccnc3n2CC2CCN(C)CC2)o1. The zero-order valence-electron chi connectivity index (χ0n) is 13.7. The fourth-order valence-corrected chi connectivity index (χ4v) is 3.38.